The molecule has 0 bridgehead atoms. The van der Waals surface area contributed by atoms with E-state index in [2.05, 4.69) is 15.7 Å². The van der Waals surface area contributed by atoms with Gasteiger partial charge in [-0.1, -0.05) is 30.3 Å². The van der Waals surface area contributed by atoms with Gasteiger partial charge in [-0.15, -0.1) is 23.1 Å². The Kier molecular flexibility index (Phi) is 7.84. The molecule has 0 aliphatic heterocycles. The van der Waals surface area contributed by atoms with E-state index < -0.39 is 5.97 Å². The molecule has 0 fully saturated rings. The van der Waals surface area contributed by atoms with Gasteiger partial charge in [0, 0.05) is 22.6 Å². The Balaban J connectivity index is 1.37. The molecule has 1 N–H and O–H groups in total. The maximum atomic E-state index is 12.1. The van der Waals surface area contributed by atoms with E-state index in [-0.39, 0.29) is 12.5 Å². The highest BCUT2D eigenvalue weighted by Crippen LogP contribution is 2.24. The second-order valence-corrected chi connectivity index (χ2v) is 8.44. The van der Waals surface area contributed by atoms with E-state index in [0.717, 1.165) is 33.3 Å². The summed E-state index contributed by atoms with van der Waals surface area (Å²) in [5, 5.41) is 5.87. The SMILES string of the molecule is Cc1nc(CSc2ccc(C(=O)OCC(=O)NCCc3ccccc3)cc2)cs1. The van der Waals surface area contributed by atoms with Crippen LogP contribution in [0.5, 0.6) is 0 Å². The van der Waals surface area contributed by atoms with Crippen LogP contribution in [-0.2, 0) is 21.7 Å². The highest BCUT2D eigenvalue weighted by molar-refractivity contribution is 7.98. The van der Waals surface area contributed by atoms with Gasteiger partial charge in [-0.25, -0.2) is 9.78 Å². The van der Waals surface area contributed by atoms with Crippen LogP contribution in [0.3, 0.4) is 0 Å². The molecule has 0 saturated heterocycles. The van der Waals surface area contributed by atoms with Gasteiger partial charge in [0.25, 0.3) is 5.91 Å². The number of nitrogens with zero attached hydrogens (tertiary/aromatic N) is 1. The molecule has 0 aliphatic carbocycles. The zero-order valence-electron chi connectivity index (χ0n) is 16.1. The fraction of sp³-hybridized carbons (Fsp3) is 0.227. The van der Waals surface area contributed by atoms with Crippen molar-refractivity contribution in [2.75, 3.05) is 13.2 Å². The minimum atomic E-state index is -0.505. The van der Waals surface area contributed by atoms with Gasteiger partial charge in [0.05, 0.1) is 16.3 Å². The summed E-state index contributed by atoms with van der Waals surface area (Å²) in [4.78, 5) is 29.5. The van der Waals surface area contributed by atoms with E-state index in [9.17, 15) is 9.59 Å². The van der Waals surface area contributed by atoms with E-state index >= 15 is 0 Å². The van der Waals surface area contributed by atoms with Crippen LogP contribution in [0, 0.1) is 6.92 Å². The molecule has 0 radical (unpaired) electrons. The molecule has 3 rings (SSSR count). The molecule has 1 amide bonds. The number of carbonyl (C=O) groups excluding carboxylic acids is 2. The predicted molar refractivity (Wildman–Crippen MR) is 116 cm³/mol. The molecule has 7 heteroatoms. The first-order valence-corrected chi connectivity index (χ1v) is 11.1. The molecule has 0 saturated carbocycles. The second-order valence-electron chi connectivity index (χ2n) is 6.33. The summed E-state index contributed by atoms with van der Waals surface area (Å²) in [5.41, 5.74) is 2.63. The third-order valence-electron chi connectivity index (χ3n) is 4.06. The van der Waals surface area contributed by atoms with E-state index in [1.54, 1.807) is 35.2 Å². The number of hydrogen-bond donors (Lipinski definition) is 1. The number of amides is 1. The lowest BCUT2D eigenvalue weighted by Gasteiger charge is -2.07. The summed E-state index contributed by atoms with van der Waals surface area (Å²) < 4.78 is 5.10. The van der Waals surface area contributed by atoms with E-state index in [1.165, 1.54) is 0 Å². The Hall–Kier alpha value is -2.64. The van der Waals surface area contributed by atoms with Crippen LogP contribution >= 0.6 is 23.1 Å². The molecule has 1 aromatic heterocycles. The van der Waals surface area contributed by atoms with Crippen molar-refractivity contribution in [2.45, 2.75) is 24.0 Å². The highest BCUT2D eigenvalue weighted by atomic mass is 32.2. The van der Waals surface area contributed by atoms with E-state index in [4.69, 9.17) is 4.74 Å². The number of ether oxygens (including phenoxy) is 1. The Labute approximate surface area is 178 Å². The first-order valence-electron chi connectivity index (χ1n) is 9.22. The van der Waals surface area contributed by atoms with Crippen LogP contribution < -0.4 is 5.32 Å². The maximum absolute atomic E-state index is 12.1. The number of nitrogens with one attached hydrogen (secondary N) is 1. The molecule has 5 nitrogen and oxygen atoms in total. The number of carbonyl (C=O) groups is 2. The van der Waals surface area contributed by atoms with Crippen LogP contribution in [0.4, 0.5) is 0 Å². The third-order valence-corrected chi connectivity index (χ3v) is 5.92. The van der Waals surface area contributed by atoms with E-state index in [1.807, 2.05) is 49.4 Å². The third kappa shape index (κ3) is 7.03. The van der Waals surface area contributed by atoms with Crippen molar-refractivity contribution in [3.05, 3.63) is 81.8 Å². The van der Waals surface area contributed by atoms with Gasteiger partial charge in [-0.2, -0.15) is 0 Å². The van der Waals surface area contributed by atoms with Crippen LogP contribution in [-0.4, -0.2) is 30.0 Å². The summed E-state index contributed by atoms with van der Waals surface area (Å²) >= 11 is 3.30. The smallest absolute Gasteiger partial charge is 0.338 e. The molecular formula is C22H22N2O3S2. The Bertz CT molecular complexity index is 940. The predicted octanol–water partition coefficient (Wildman–Crippen LogP) is 4.26. The average Bonchev–Trinajstić information content (AvgIpc) is 3.17. The Morgan fingerprint density at radius 1 is 1.10 bits per heavy atom. The molecule has 1 heterocycles. The van der Waals surface area contributed by atoms with Crippen LogP contribution in [0.1, 0.15) is 26.6 Å². The summed E-state index contributed by atoms with van der Waals surface area (Å²) in [6.07, 6.45) is 0.736. The number of thiazole rings is 1. The summed E-state index contributed by atoms with van der Waals surface area (Å²) in [6, 6.07) is 17.1. The van der Waals surface area contributed by atoms with Gasteiger partial charge in [-0.3, -0.25) is 4.79 Å². The largest absolute Gasteiger partial charge is 0.452 e. The first-order chi connectivity index (χ1) is 14.1. The number of thioether (sulfide) groups is 1. The van der Waals surface area contributed by atoms with Gasteiger partial charge in [0.15, 0.2) is 6.61 Å². The number of aromatic nitrogens is 1. The highest BCUT2D eigenvalue weighted by Gasteiger charge is 2.10. The van der Waals surface area contributed by atoms with Gasteiger partial charge in [-0.05, 0) is 43.2 Å². The van der Waals surface area contributed by atoms with Gasteiger partial charge >= 0.3 is 5.97 Å². The van der Waals surface area contributed by atoms with Gasteiger partial charge < -0.3 is 10.1 Å². The second kappa shape index (κ2) is 10.8. The van der Waals surface area contributed by atoms with Crippen molar-refractivity contribution in [3.8, 4) is 0 Å². The molecule has 29 heavy (non-hydrogen) atoms. The van der Waals surface area contributed by atoms with Crippen molar-refractivity contribution in [3.63, 3.8) is 0 Å². The Morgan fingerprint density at radius 3 is 2.55 bits per heavy atom. The number of esters is 1. The van der Waals surface area contributed by atoms with E-state index in [0.29, 0.717) is 12.1 Å². The molecule has 2 aromatic carbocycles. The normalized spacial score (nSPS) is 10.5. The zero-order valence-corrected chi connectivity index (χ0v) is 17.7. The van der Waals surface area contributed by atoms with Crippen LogP contribution in [0.25, 0.3) is 0 Å². The summed E-state index contributed by atoms with van der Waals surface area (Å²) in [6.45, 7) is 2.21. The summed E-state index contributed by atoms with van der Waals surface area (Å²) in [7, 11) is 0. The fourth-order valence-corrected chi connectivity index (χ4v) is 4.08. The van der Waals surface area contributed by atoms with Crippen LogP contribution in [0.2, 0.25) is 0 Å². The average molecular weight is 427 g/mol. The molecule has 150 valence electrons. The lowest BCUT2D eigenvalue weighted by molar-refractivity contribution is -0.124. The minimum absolute atomic E-state index is 0.284. The molecular weight excluding hydrogens is 404 g/mol. The van der Waals surface area contributed by atoms with Crippen LogP contribution in [0.15, 0.2) is 64.9 Å². The lowest BCUT2D eigenvalue weighted by atomic mass is 10.1. The van der Waals surface area contributed by atoms with Crippen molar-refractivity contribution in [1.82, 2.24) is 10.3 Å². The maximum Gasteiger partial charge on any atom is 0.338 e. The minimum Gasteiger partial charge on any atom is -0.452 e. The quantitative estimate of drug-likeness (QED) is 0.409. The molecule has 0 aliphatic rings. The number of rotatable bonds is 9. The molecule has 0 unspecified atom stereocenters. The molecule has 0 spiro atoms. The van der Waals surface area contributed by atoms with Gasteiger partial charge in [0.2, 0.25) is 0 Å². The zero-order chi connectivity index (χ0) is 20.5. The van der Waals surface area contributed by atoms with Crippen molar-refractivity contribution in [1.29, 1.82) is 0 Å². The topological polar surface area (TPSA) is 68.3 Å². The number of aryl methyl sites for hydroxylation is 1. The standard InChI is InChI=1S/C22H22N2O3S2/c1-16-24-19(14-28-16)15-29-20-9-7-18(8-10-20)22(26)27-13-21(25)23-12-11-17-5-3-2-4-6-17/h2-10,14H,11-13,15H2,1H3,(H,23,25). The van der Waals surface area contributed by atoms with Crippen molar-refractivity contribution in [2.24, 2.45) is 0 Å². The number of hydrogen-bond acceptors (Lipinski definition) is 6. The number of benzene rings is 2. The summed E-state index contributed by atoms with van der Waals surface area (Å²) in [5.74, 6) is -0.0213. The molecule has 0 atom stereocenters. The Morgan fingerprint density at radius 2 is 1.86 bits per heavy atom. The monoisotopic (exact) mass is 426 g/mol. The lowest BCUT2D eigenvalue weighted by Crippen LogP contribution is -2.30. The van der Waals surface area contributed by atoms with Crippen molar-refractivity contribution >= 4 is 35.0 Å². The fourth-order valence-electron chi connectivity index (χ4n) is 2.58. The first kappa shape index (κ1) is 21.1. The molecule has 3 aromatic rings. The van der Waals surface area contributed by atoms with Crippen molar-refractivity contribution < 1.29 is 14.3 Å². The van der Waals surface area contributed by atoms with Gasteiger partial charge in [0.1, 0.15) is 0 Å².